The number of rotatable bonds is 5. The lowest BCUT2D eigenvalue weighted by molar-refractivity contribution is -0.116. The van der Waals surface area contributed by atoms with Crippen LogP contribution in [-0.2, 0) is 11.2 Å². The highest BCUT2D eigenvalue weighted by atomic mass is 35.5. The molecule has 3 heterocycles. The van der Waals surface area contributed by atoms with Gasteiger partial charge in [-0.25, -0.2) is 9.97 Å². The van der Waals surface area contributed by atoms with Crippen molar-refractivity contribution in [3.8, 4) is 11.3 Å². The number of aryl methyl sites for hydroxylation is 2. The average molecular weight is 382 g/mol. The molecule has 0 saturated carbocycles. The first-order chi connectivity index (χ1) is 13.1. The summed E-state index contributed by atoms with van der Waals surface area (Å²) in [5.74, 6) is 1.02. The van der Waals surface area contributed by atoms with Gasteiger partial charge in [-0.1, -0.05) is 11.6 Å². The molecule has 136 valence electrons. The summed E-state index contributed by atoms with van der Waals surface area (Å²) in [6.07, 6.45) is 3.89. The van der Waals surface area contributed by atoms with Crippen LogP contribution in [0, 0.1) is 6.92 Å². The summed E-state index contributed by atoms with van der Waals surface area (Å²) in [6, 6.07) is 9.15. The van der Waals surface area contributed by atoms with Gasteiger partial charge in [0.05, 0.1) is 18.1 Å². The zero-order valence-electron chi connectivity index (χ0n) is 14.5. The molecule has 0 spiro atoms. The molecule has 0 atom stereocenters. The minimum atomic E-state index is -0.136. The number of amides is 1. The van der Waals surface area contributed by atoms with Gasteiger partial charge in [0.15, 0.2) is 17.3 Å². The molecule has 2 N–H and O–H groups in total. The van der Waals surface area contributed by atoms with E-state index in [2.05, 4.69) is 25.5 Å². The van der Waals surface area contributed by atoms with Gasteiger partial charge in [-0.2, -0.15) is 5.10 Å². The van der Waals surface area contributed by atoms with E-state index in [0.717, 1.165) is 16.6 Å². The average Bonchev–Trinajstić information content (AvgIpc) is 3.28. The molecule has 0 aliphatic rings. The van der Waals surface area contributed by atoms with Crippen LogP contribution in [0.3, 0.4) is 0 Å². The van der Waals surface area contributed by atoms with Crippen molar-refractivity contribution in [2.75, 3.05) is 5.32 Å². The molecule has 7 nitrogen and oxygen atoms in total. The predicted octanol–water partition coefficient (Wildman–Crippen LogP) is 4.15. The number of nitrogens with one attached hydrogen (secondary N) is 2. The molecular formula is C19H16ClN5O2. The lowest BCUT2D eigenvalue weighted by atomic mass is 10.2. The van der Waals surface area contributed by atoms with Crippen LogP contribution in [0.4, 0.5) is 5.69 Å². The summed E-state index contributed by atoms with van der Waals surface area (Å²) < 4.78 is 5.71. The maximum atomic E-state index is 12.2. The summed E-state index contributed by atoms with van der Waals surface area (Å²) in [6.45, 7) is 1.91. The number of hydrogen-bond acceptors (Lipinski definition) is 5. The largest absolute Gasteiger partial charge is 0.441 e. The SMILES string of the molecule is Cc1[nH]nc2ncc(NC(=O)CCc3ncc(-c4ccc(Cl)cc4)o3)cc12. The van der Waals surface area contributed by atoms with Gasteiger partial charge in [0, 0.05) is 34.5 Å². The number of nitrogens with zero attached hydrogens (tertiary/aromatic N) is 3. The molecule has 27 heavy (non-hydrogen) atoms. The van der Waals surface area contributed by atoms with E-state index in [9.17, 15) is 4.79 Å². The highest BCUT2D eigenvalue weighted by molar-refractivity contribution is 6.30. The second-order valence-corrected chi connectivity index (χ2v) is 6.55. The Kier molecular flexibility index (Phi) is 4.60. The van der Waals surface area contributed by atoms with Crippen molar-refractivity contribution >= 4 is 34.2 Å². The number of aromatic nitrogens is 4. The minimum Gasteiger partial charge on any atom is -0.441 e. The van der Waals surface area contributed by atoms with Crippen molar-refractivity contribution in [1.82, 2.24) is 20.2 Å². The molecule has 0 aliphatic heterocycles. The van der Waals surface area contributed by atoms with Gasteiger partial charge >= 0.3 is 0 Å². The van der Waals surface area contributed by atoms with Crippen molar-refractivity contribution in [3.63, 3.8) is 0 Å². The van der Waals surface area contributed by atoms with E-state index in [0.29, 0.717) is 34.4 Å². The van der Waals surface area contributed by atoms with E-state index < -0.39 is 0 Å². The first kappa shape index (κ1) is 17.2. The summed E-state index contributed by atoms with van der Waals surface area (Å²) >= 11 is 5.89. The molecule has 4 aromatic rings. The third-order valence-electron chi connectivity index (χ3n) is 4.13. The van der Waals surface area contributed by atoms with E-state index in [-0.39, 0.29) is 12.3 Å². The summed E-state index contributed by atoms with van der Waals surface area (Å²) in [7, 11) is 0. The van der Waals surface area contributed by atoms with Crippen molar-refractivity contribution in [2.45, 2.75) is 19.8 Å². The van der Waals surface area contributed by atoms with Crippen LogP contribution in [0.2, 0.25) is 5.02 Å². The quantitative estimate of drug-likeness (QED) is 0.541. The molecule has 0 radical (unpaired) electrons. The number of hydrogen-bond donors (Lipinski definition) is 2. The molecule has 1 aromatic carbocycles. The number of aromatic amines is 1. The number of oxazole rings is 1. The zero-order valence-corrected chi connectivity index (χ0v) is 15.2. The van der Waals surface area contributed by atoms with Gasteiger partial charge < -0.3 is 9.73 Å². The first-order valence-electron chi connectivity index (χ1n) is 8.40. The molecule has 8 heteroatoms. The molecule has 0 aliphatic carbocycles. The summed E-state index contributed by atoms with van der Waals surface area (Å²) in [5, 5.41) is 11.3. The van der Waals surface area contributed by atoms with Crippen molar-refractivity contribution in [3.05, 3.63) is 59.3 Å². The second-order valence-electron chi connectivity index (χ2n) is 6.12. The number of carbonyl (C=O) groups is 1. The second kappa shape index (κ2) is 7.20. The Labute approximate surface area is 159 Å². The number of carbonyl (C=O) groups excluding carboxylic acids is 1. The molecule has 0 saturated heterocycles. The van der Waals surface area contributed by atoms with Gasteiger partial charge in [-0.3, -0.25) is 9.89 Å². The lowest BCUT2D eigenvalue weighted by Gasteiger charge is -2.04. The van der Waals surface area contributed by atoms with Crippen LogP contribution < -0.4 is 5.32 Å². The Bertz CT molecular complexity index is 1100. The third-order valence-corrected chi connectivity index (χ3v) is 4.38. The van der Waals surface area contributed by atoms with E-state index in [1.807, 2.05) is 25.1 Å². The normalized spacial score (nSPS) is 11.0. The van der Waals surface area contributed by atoms with Gasteiger partial charge in [-0.15, -0.1) is 0 Å². The third kappa shape index (κ3) is 3.83. The fraction of sp³-hybridized carbons (Fsp3) is 0.158. The molecule has 0 bridgehead atoms. The first-order valence-corrected chi connectivity index (χ1v) is 8.77. The summed E-state index contributed by atoms with van der Waals surface area (Å²) in [5.41, 5.74) is 3.05. The monoisotopic (exact) mass is 381 g/mol. The van der Waals surface area contributed by atoms with Crippen molar-refractivity contribution in [2.24, 2.45) is 0 Å². The number of fused-ring (bicyclic) bond motifs is 1. The zero-order chi connectivity index (χ0) is 18.8. The van der Waals surface area contributed by atoms with E-state index in [1.165, 1.54) is 0 Å². The van der Waals surface area contributed by atoms with Gasteiger partial charge in [0.25, 0.3) is 0 Å². The number of anilines is 1. The fourth-order valence-electron chi connectivity index (χ4n) is 2.71. The number of H-pyrrole nitrogens is 1. The van der Waals surface area contributed by atoms with Crippen LogP contribution in [0.15, 0.2) is 47.1 Å². The van der Waals surface area contributed by atoms with E-state index in [4.69, 9.17) is 16.0 Å². The Morgan fingerprint density at radius 2 is 2.04 bits per heavy atom. The predicted molar refractivity (Wildman–Crippen MR) is 103 cm³/mol. The Morgan fingerprint density at radius 3 is 2.85 bits per heavy atom. The van der Waals surface area contributed by atoms with Gasteiger partial charge in [-0.05, 0) is 37.3 Å². The van der Waals surface area contributed by atoms with E-state index in [1.54, 1.807) is 24.5 Å². The van der Waals surface area contributed by atoms with E-state index >= 15 is 0 Å². The highest BCUT2D eigenvalue weighted by Gasteiger charge is 2.11. The molecule has 4 rings (SSSR count). The van der Waals surface area contributed by atoms with Crippen LogP contribution in [0.25, 0.3) is 22.4 Å². The highest BCUT2D eigenvalue weighted by Crippen LogP contribution is 2.23. The molecule has 3 aromatic heterocycles. The van der Waals surface area contributed by atoms with Crippen LogP contribution in [0.5, 0.6) is 0 Å². The smallest absolute Gasteiger partial charge is 0.224 e. The van der Waals surface area contributed by atoms with Crippen molar-refractivity contribution < 1.29 is 9.21 Å². The van der Waals surface area contributed by atoms with Crippen LogP contribution in [0.1, 0.15) is 18.0 Å². The molecule has 0 unspecified atom stereocenters. The number of pyridine rings is 1. The Morgan fingerprint density at radius 1 is 1.22 bits per heavy atom. The van der Waals surface area contributed by atoms with Crippen LogP contribution >= 0.6 is 11.6 Å². The molecule has 1 amide bonds. The maximum absolute atomic E-state index is 12.2. The van der Waals surface area contributed by atoms with Crippen LogP contribution in [-0.4, -0.2) is 26.1 Å². The lowest BCUT2D eigenvalue weighted by Crippen LogP contribution is -2.12. The standard InChI is InChI=1S/C19H16ClN5O2/c1-11-15-8-14(9-22-19(15)25-24-11)23-17(26)6-7-18-21-10-16(27-18)12-2-4-13(20)5-3-12/h2-5,8-10H,6-7H2,1H3,(H,23,26)(H,22,24,25). The molecule has 0 fully saturated rings. The Hall–Kier alpha value is -3.19. The van der Waals surface area contributed by atoms with Gasteiger partial charge in [0.2, 0.25) is 5.91 Å². The topological polar surface area (TPSA) is 96.7 Å². The van der Waals surface area contributed by atoms with Gasteiger partial charge in [0.1, 0.15) is 0 Å². The maximum Gasteiger partial charge on any atom is 0.224 e. The van der Waals surface area contributed by atoms with Crippen molar-refractivity contribution in [1.29, 1.82) is 0 Å². The molecular weight excluding hydrogens is 366 g/mol. The minimum absolute atomic E-state index is 0.136. The Balaban J connectivity index is 1.37. The number of halogens is 1. The fourth-order valence-corrected chi connectivity index (χ4v) is 2.83. The summed E-state index contributed by atoms with van der Waals surface area (Å²) in [4.78, 5) is 20.7. The number of benzene rings is 1.